The molecule has 2 atom stereocenters. The van der Waals surface area contributed by atoms with Crippen molar-refractivity contribution < 1.29 is 33.3 Å². The van der Waals surface area contributed by atoms with Crippen LogP contribution in [0.5, 0.6) is 17.2 Å². The van der Waals surface area contributed by atoms with Crippen LogP contribution < -0.4 is 19.1 Å². The molecule has 8 nitrogen and oxygen atoms in total. The first kappa shape index (κ1) is 31.7. The maximum atomic E-state index is 13.9. The number of rotatable bonds is 15. The molecule has 48 heavy (non-hydrogen) atoms. The number of fused-ring (bicyclic) bond motifs is 2. The molecule has 0 saturated carbocycles. The van der Waals surface area contributed by atoms with Crippen molar-refractivity contribution >= 4 is 39.1 Å². The molecule has 2 saturated heterocycles. The Bertz CT molecular complexity index is 1910. The van der Waals surface area contributed by atoms with Crippen LogP contribution in [0.3, 0.4) is 0 Å². The summed E-state index contributed by atoms with van der Waals surface area (Å²) in [5.41, 5.74) is 1.81. The highest BCUT2D eigenvalue weighted by atomic mass is 16.6. The Morgan fingerprint density at radius 3 is 1.75 bits per heavy atom. The average molecular weight is 646 g/mol. The van der Waals surface area contributed by atoms with E-state index in [4.69, 9.17) is 23.7 Å². The summed E-state index contributed by atoms with van der Waals surface area (Å²) in [4.78, 5) is 28.8. The lowest BCUT2D eigenvalue weighted by Gasteiger charge is -2.23. The van der Waals surface area contributed by atoms with Crippen LogP contribution in [0.25, 0.3) is 21.5 Å². The largest absolute Gasteiger partial charge is 0.491 e. The summed E-state index contributed by atoms with van der Waals surface area (Å²) in [5.74, 6) is 1.44. The number of ether oxygens (including phenoxy) is 5. The van der Waals surface area contributed by atoms with Crippen molar-refractivity contribution in [2.24, 2.45) is 0 Å². The third-order valence-corrected chi connectivity index (χ3v) is 8.62. The van der Waals surface area contributed by atoms with Crippen molar-refractivity contribution in [3.8, 4) is 17.2 Å². The predicted octanol–water partition coefficient (Wildman–Crippen LogP) is 7.99. The second-order valence-electron chi connectivity index (χ2n) is 12.4. The highest BCUT2D eigenvalue weighted by Gasteiger charge is 2.24. The summed E-state index contributed by atoms with van der Waals surface area (Å²) in [6.07, 6.45) is 4.54. The third kappa shape index (κ3) is 7.95. The summed E-state index contributed by atoms with van der Waals surface area (Å²) in [7, 11) is 0. The minimum absolute atomic E-state index is 0.0741. The molecule has 2 fully saturated rings. The number of amides is 1. The molecule has 5 aromatic rings. The molecule has 0 aliphatic carbocycles. The number of esters is 1. The Kier molecular flexibility index (Phi) is 9.54. The minimum atomic E-state index is -0.450. The molecule has 2 aliphatic heterocycles. The van der Waals surface area contributed by atoms with Crippen molar-refractivity contribution in [2.75, 3.05) is 37.9 Å². The SMILES string of the molecule is CCCCCCN(C(=O)c1ccc2cc(OCC3CO3)ccc2c1)c1ccc(OC(=O)c2ccc3cc(OCC4CO4)ccc3c2)cc1. The van der Waals surface area contributed by atoms with Crippen LogP contribution >= 0.6 is 0 Å². The molecule has 5 aromatic carbocycles. The highest BCUT2D eigenvalue weighted by molar-refractivity contribution is 6.08. The first-order chi connectivity index (χ1) is 23.5. The Morgan fingerprint density at radius 2 is 1.17 bits per heavy atom. The van der Waals surface area contributed by atoms with Gasteiger partial charge >= 0.3 is 5.97 Å². The minimum Gasteiger partial charge on any atom is -0.491 e. The number of carbonyl (C=O) groups excluding carboxylic acids is 2. The van der Waals surface area contributed by atoms with Crippen LogP contribution in [0, 0.1) is 0 Å². The lowest BCUT2D eigenvalue weighted by atomic mass is 10.0. The summed E-state index contributed by atoms with van der Waals surface area (Å²) < 4.78 is 27.8. The van der Waals surface area contributed by atoms with Gasteiger partial charge < -0.3 is 28.6 Å². The number of nitrogens with zero attached hydrogens (tertiary/aromatic N) is 1. The standard InChI is InChI=1S/C40H39NO7/c1-2-3-4-5-18-41(39(42)31-8-6-29-21-35(14-10-27(29)19-31)44-23-37-25-46-37)33-12-16-34(17-13-33)48-40(43)32-9-7-30-22-36(15-11-28(30)20-32)45-24-38-26-47-38/h6-17,19-22,37-38H,2-5,18,23-26H2,1H3. The fraction of sp³-hybridized carbons (Fsp3) is 0.300. The molecule has 1 amide bonds. The number of unbranched alkanes of at least 4 members (excludes halogenated alkanes) is 3. The van der Waals surface area contributed by atoms with Gasteiger partial charge in [-0.2, -0.15) is 0 Å². The van der Waals surface area contributed by atoms with Gasteiger partial charge in [0.1, 0.15) is 42.7 Å². The van der Waals surface area contributed by atoms with E-state index in [1.54, 1.807) is 18.2 Å². The highest BCUT2D eigenvalue weighted by Crippen LogP contribution is 2.28. The first-order valence-electron chi connectivity index (χ1n) is 16.7. The normalized spacial score (nSPS) is 16.4. The van der Waals surface area contributed by atoms with Gasteiger partial charge in [0.2, 0.25) is 0 Å². The van der Waals surface area contributed by atoms with Crippen LogP contribution in [-0.4, -0.2) is 57.1 Å². The Labute approximate surface area is 280 Å². The van der Waals surface area contributed by atoms with Crippen LogP contribution in [0.2, 0.25) is 0 Å². The Morgan fingerprint density at radius 1 is 0.646 bits per heavy atom. The summed E-state index contributed by atoms with van der Waals surface area (Å²) in [6.45, 7) is 5.34. The van der Waals surface area contributed by atoms with E-state index >= 15 is 0 Å². The fourth-order valence-corrected chi connectivity index (χ4v) is 5.65. The van der Waals surface area contributed by atoms with E-state index in [1.165, 1.54) is 0 Å². The Hall–Kier alpha value is -4.92. The lowest BCUT2D eigenvalue weighted by molar-refractivity contribution is 0.0734. The second kappa shape index (κ2) is 14.5. The fourth-order valence-electron chi connectivity index (χ4n) is 5.65. The van der Waals surface area contributed by atoms with E-state index in [1.807, 2.05) is 83.8 Å². The quantitative estimate of drug-likeness (QED) is 0.0493. The predicted molar refractivity (Wildman–Crippen MR) is 186 cm³/mol. The number of carbonyl (C=O) groups is 2. The van der Waals surface area contributed by atoms with Crippen LogP contribution in [-0.2, 0) is 9.47 Å². The summed E-state index contributed by atoms with van der Waals surface area (Å²) in [6, 6.07) is 30.1. The van der Waals surface area contributed by atoms with Crippen molar-refractivity contribution in [1.29, 1.82) is 0 Å². The van der Waals surface area contributed by atoms with E-state index < -0.39 is 5.97 Å². The van der Waals surface area contributed by atoms with Gasteiger partial charge in [0.25, 0.3) is 5.91 Å². The summed E-state index contributed by atoms with van der Waals surface area (Å²) in [5, 5.41) is 3.86. The zero-order chi connectivity index (χ0) is 32.9. The van der Waals surface area contributed by atoms with Gasteiger partial charge in [-0.15, -0.1) is 0 Å². The van der Waals surface area contributed by atoms with Gasteiger partial charge in [-0.3, -0.25) is 4.79 Å². The zero-order valence-corrected chi connectivity index (χ0v) is 27.1. The van der Waals surface area contributed by atoms with Gasteiger partial charge in [0.15, 0.2) is 0 Å². The van der Waals surface area contributed by atoms with Crippen molar-refractivity contribution in [3.63, 3.8) is 0 Å². The molecule has 0 aromatic heterocycles. The van der Waals surface area contributed by atoms with Gasteiger partial charge in [-0.05, 0) is 101 Å². The number of hydrogen-bond donors (Lipinski definition) is 0. The molecule has 246 valence electrons. The maximum absolute atomic E-state index is 13.9. The smallest absolute Gasteiger partial charge is 0.343 e. The molecule has 0 N–H and O–H groups in total. The van der Waals surface area contributed by atoms with Gasteiger partial charge in [-0.25, -0.2) is 4.79 Å². The van der Waals surface area contributed by atoms with Gasteiger partial charge in [0, 0.05) is 17.8 Å². The zero-order valence-electron chi connectivity index (χ0n) is 27.1. The van der Waals surface area contributed by atoms with Crippen molar-refractivity contribution in [2.45, 2.75) is 44.8 Å². The average Bonchev–Trinajstić information content (AvgIpc) is 4.06. The molecular weight excluding hydrogens is 606 g/mol. The third-order valence-electron chi connectivity index (χ3n) is 8.62. The molecule has 8 heteroatoms. The van der Waals surface area contributed by atoms with Gasteiger partial charge in [-0.1, -0.05) is 50.5 Å². The van der Waals surface area contributed by atoms with E-state index in [2.05, 4.69) is 6.92 Å². The molecular formula is C40H39NO7. The topological polar surface area (TPSA) is 90.1 Å². The van der Waals surface area contributed by atoms with E-state index in [0.29, 0.717) is 36.6 Å². The Balaban J connectivity index is 1.03. The number of hydrogen-bond acceptors (Lipinski definition) is 7. The number of anilines is 1. The van der Waals surface area contributed by atoms with Gasteiger partial charge in [0.05, 0.1) is 18.8 Å². The van der Waals surface area contributed by atoms with Crippen molar-refractivity contribution in [3.05, 3.63) is 108 Å². The van der Waals surface area contributed by atoms with E-state index in [-0.39, 0.29) is 18.1 Å². The molecule has 0 bridgehead atoms. The first-order valence-corrected chi connectivity index (χ1v) is 16.7. The van der Waals surface area contributed by atoms with Crippen LogP contribution in [0.1, 0.15) is 53.3 Å². The molecule has 0 spiro atoms. The number of epoxide rings is 2. The molecule has 0 radical (unpaired) electrons. The molecule has 2 unspecified atom stereocenters. The van der Waals surface area contributed by atoms with Crippen LogP contribution in [0.4, 0.5) is 5.69 Å². The van der Waals surface area contributed by atoms with E-state index in [9.17, 15) is 9.59 Å². The second-order valence-corrected chi connectivity index (χ2v) is 12.4. The number of benzene rings is 5. The summed E-state index contributed by atoms with van der Waals surface area (Å²) >= 11 is 0. The van der Waals surface area contributed by atoms with E-state index in [0.717, 1.165) is 77.6 Å². The van der Waals surface area contributed by atoms with Crippen LogP contribution in [0.15, 0.2) is 97.1 Å². The maximum Gasteiger partial charge on any atom is 0.343 e. The molecule has 7 rings (SSSR count). The molecule has 2 heterocycles. The molecule has 2 aliphatic rings. The monoisotopic (exact) mass is 645 g/mol. The van der Waals surface area contributed by atoms with Crippen molar-refractivity contribution in [1.82, 2.24) is 0 Å². The lowest BCUT2D eigenvalue weighted by Crippen LogP contribution is -2.32.